The molecule has 0 unspecified atom stereocenters. The molecule has 0 saturated carbocycles. The molecule has 3 heteroatoms. The molecule has 0 spiro atoms. The summed E-state index contributed by atoms with van der Waals surface area (Å²) in [6.45, 7) is 5.44. The number of thiophene rings is 1. The molecule has 0 amide bonds. The molecule has 0 bridgehead atoms. The average molecular weight is 327 g/mol. The first kappa shape index (κ1) is 19.7. The second-order valence-electron chi connectivity index (χ2n) is 5.88. The van der Waals surface area contributed by atoms with Crippen LogP contribution >= 0.6 is 11.3 Å². The van der Waals surface area contributed by atoms with E-state index >= 15 is 0 Å². The predicted octanol–water partition coefficient (Wildman–Crippen LogP) is 5.85. The zero-order valence-corrected chi connectivity index (χ0v) is 15.2. The van der Waals surface area contributed by atoms with Gasteiger partial charge in [0, 0.05) is 17.9 Å². The molecule has 1 heterocycles. The Labute approximate surface area is 141 Å². The van der Waals surface area contributed by atoms with Crippen LogP contribution in [0.5, 0.6) is 0 Å². The molecule has 0 aliphatic heterocycles. The SMILES string of the molecule is CCCCCCCCCCCOCCOCCc1cccs1. The van der Waals surface area contributed by atoms with Gasteiger partial charge in [0.1, 0.15) is 0 Å². The van der Waals surface area contributed by atoms with Crippen molar-refractivity contribution in [2.45, 2.75) is 71.1 Å². The summed E-state index contributed by atoms with van der Waals surface area (Å²) < 4.78 is 11.2. The first-order chi connectivity index (χ1) is 10.9. The van der Waals surface area contributed by atoms with E-state index in [0.29, 0.717) is 0 Å². The van der Waals surface area contributed by atoms with Gasteiger partial charge >= 0.3 is 0 Å². The molecule has 0 radical (unpaired) electrons. The molecule has 1 aromatic heterocycles. The molecule has 0 saturated heterocycles. The minimum atomic E-state index is 0.725. The Morgan fingerprint density at radius 2 is 1.41 bits per heavy atom. The van der Waals surface area contributed by atoms with Gasteiger partial charge in [-0.05, 0) is 17.9 Å². The molecular formula is C19H34O2S. The molecule has 2 nitrogen and oxygen atoms in total. The Hall–Kier alpha value is -0.380. The lowest BCUT2D eigenvalue weighted by Crippen LogP contribution is -2.07. The number of unbranched alkanes of at least 4 members (excludes halogenated alkanes) is 8. The Morgan fingerprint density at radius 1 is 0.773 bits per heavy atom. The van der Waals surface area contributed by atoms with Crippen LogP contribution in [0, 0.1) is 0 Å². The minimum Gasteiger partial charge on any atom is -0.379 e. The molecule has 0 aliphatic rings. The van der Waals surface area contributed by atoms with Gasteiger partial charge in [-0.25, -0.2) is 0 Å². The van der Waals surface area contributed by atoms with E-state index < -0.39 is 0 Å². The third kappa shape index (κ3) is 12.2. The van der Waals surface area contributed by atoms with Crippen LogP contribution in [-0.2, 0) is 15.9 Å². The van der Waals surface area contributed by atoms with E-state index in [1.54, 1.807) is 11.3 Å². The summed E-state index contributed by atoms with van der Waals surface area (Å²) in [5, 5.41) is 2.11. The predicted molar refractivity (Wildman–Crippen MR) is 96.9 cm³/mol. The molecule has 22 heavy (non-hydrogen) atoms. The normalized spacial score (nSPS) is 11.1. The van der Waals surface area contributed by atoms with Crippen LogP contribution in [0.4, 0.5) is 0 Å². The number of rotatable bonds is 16. The molecule has 0 N–H and O–H groups in total. The molecule has 128 valence electrons. The molecule has 0 aliphatic carbocycles. The van der Waals surface area contributed by atoms with Crippen LogP contribution in [0.25, 0.3) is 0 Å². The molecular weight excluding hydrogens is 292 g/mol. The maximum atomic E-state index is 5.61. The fourth-order valence-corrected chi connectivity index (χ4v) is 3.15. The fraction of sp³-hybridized carbons (Fsp3) is 0.789. The third-order valence-corrected chi connectivity index (χ3v) is 4.77. The van der Waals surface area contributed by atoms with Gasteiger partial charge in [-0.3, -0.25) is 0 Å². The summed E-state index contributed by atoms with van der Waals surface area (Å²) in [4.78, 5) is 1.40. The van der Waals surface area contributed by atoms with E-state index in [4.69, 9.17) is 9.47 Å². The maximum absolute atomic E-state index is 5.61. The van der Waals surface area contributed by atoms with Crippen LogP contribution < -0.4 is 0 Å². The zero-order chi connectivity index (χ0) is 15.7. The minimum absolute atomic E-state index is 0.725. The van der Waals surface area contributed by atoms with E-state index in [1.165, 1.54) is 62.7 Å². The van der Waals surface area contributed by atoms with Crippen LogP contribution in [-0.4, -0.2) is 26.4 Å². The Balaban J connectivity index is 1.68. The molecule has 1 aromatic rings. The summed E-state index contributed by atoms with van der Waals surface area (Å²) in [6, 6.07) is 4.25. The quantitative estimate of drug-likeness (QED) is 0.354. The van der Waals surface area contributed by atoms with Crippen LogP contribution in [0.3, 0.4) is 0 Å². The fourth-order valence-electron chi connectivity index (χ4n) is 2.46. The van der Waals surface area contributed by atoms with E-state index in [9.17, 15) is 0 Å². The summed E-state index contributed by atoms with van der Waals surface area (Å²) in [5.74, 6) is 0. The van der Waals surface area contributed by atoms with Gasteiger partial charge in [0.15, 0.2) is 0 Å². The van der Waals surface area contributed by atoms with Gasteiger partial charge in [-0.1, -0.05) is 64.4 Å². The molecule has 0 atom stereocenters. The van der Waals surface area contributed by atoms with Crippen molar-refractivity contribution in [2.24, 2.45) is 0 Å². The van der Waals surface area contributed by atoms with Gasteiger partial charge in [0.05, 0.1) is 19.8 Å². The lowest BCUT2D eigenvalue weighted by molar-refractivity contribution is 0.0476. The zero-order valence-electron chi connectivity index (χ0n) is 14.4. The van der Waals surface area contributed by atoms with Crippen molar-refractivity contribution < 1.29 is 9.47 Å². The lowest BCUT2D eigenvalue weighted by atomic mass is 10.1. The van der Waals surface area contributed by atoms with E-state index in [2.05, 4.69) is 24.4 Å². The van der Waals surface area contributed by atoms with Gasteiger partial charge in [-0.2, -0.15) is 0 Å². The largest absolute Gasteiger partial charge is 0.379 e. The third-order valence-electron chi connectivity index (χ3n) is 3.84. The second kappa shape index (κ2) is 15.5. The summed E-state index contributed by atoms with van der Waals surface area (Å²) in [6.07, 6.45) is 13.3. The van der Waals surface area contributed by atoms with Crippen LogP contribution in [0.2, 0.25) is 0 Å². The van der Waals surface area contributed by atoms with E-state index in [1.807, 2.05) is 0 Å². The highest BCUT2D eigenvalue weighted by Crippen LogP contribution is 2.10. The summed E-state index contributed by atoms with van der Waals surface area (Å²) in [7, 11) is 0. The highest BCUT2D eigenvalue weighted by Gasteiger charge is 1.95. The number of ether oxygens (including phenoxy) is 2. The van der Waals surface area contributed by atoms with Crippen molar-refractivity contribution in [3.63, 3.8) is 0 Å². The van der Waals surface area contributed by atoms with E-state index in [0.717, 1.165) is 32.8 Å². The summed E-state index contributed by atoms with van der Waals surface area (Å²) >= 11 is 1.80. The highest BCUT2D eigenvalue weighted by atomic mass is 32.1. The van der Waals surface area contributed by atoms with Crippen LogP contribution in [0.1, 0.15) is 69.6 Å². The number of hydrogen-bond acceptors (Lipinski definition) is 3. The monoisotopic (exact) mass is 326 g/mol. The lowest BCUT2D eigenvalue weighted by Gasteiger charge is -2.05. The van der Waals surface area contributed by atoms with Crippen molar-refractivity contribution >= 4 is 11.3 Å². The van der Waals surface area contributed by atoms with Gasteiger partial charge < -0.3 is 9.47 Å². The highest BCUT2D eigenvalue weighted by molar-refractivity contribution is 7.09. The molecule has 0 aromatic carbocycles. The van der Waals surface area contributed by atoms with Crippen molar-refractivity contribution in [1.82, 2.24) is 0 Å². The van der Waals surface area contributed by atoms with Gasteiger partial charge in [-0.15, -0.1) is 11.3 Å². The van der Waals surface area contributed by atoms with Gasteiger partial charge in [0.25, 0.3) is 0 Å². The smallest absolute Gasteiger partial charge is 0.0700 e. The molecule has 0 fully saturated rings. The first-order valence-electron chi connectivity index (χ1n) is 9.11. The topological polar surface area (TPSA) is 18.5 Å². The Bertz CT molecular complexity index is 311. The maximum Gasteiger partial charge on any atom is 0.0700 e. The van der Waals surface area contributed by atoms with E-state index in [-0.39, 0.29) is 0 Å². The Morgan fingerprint density at radius 3 is 2.05 bits per heavy atom. The van der Waals surface area contributed by atoms with Crippen molar-refractivity contribution in [1.29, 1.82) is 0 Å². The average Bonchev–Trinajstić information content (AvgIpc) is 3.04. The van der Waals surface area contributed by atoms with Crippen LogP contribution in [0.15, 0.2) is 17.5 Å². The first-order valence-corrected chi connectivity index (χ1v) is 9.99. The summed E-state index contributed by atoms with van der Waals surface area (Å²) in [5.41, 5.74) is 0. The Kier molecular flexibility index (Phi) is 13.9. The van der Waals surface area contributed by atoms with Crippen molar-refractivity contribution in [3.05, 3.63) is 22.4 Å². The standard InChI is InChI=1S/C19H34O2S/c1-2-3-4-5-6-7-8-9-10-14-20-16-17-21-15-13-19-12-11-18-22-19/h11-12,18H,2-10,13-17H2,1H3. The molecule has 1 rings (SSSR count). The van der Waals surface area contributed by atoms with Gasteiger partial charge in [0.2, 0.25) is 0 Å². The van der Waals surface area contributed by atoms with Crippen molar-refractivity contribution in [2.75, 3.05) is 26.4 Å². The number of hydrogen-bond donors (Lipinski definition) is 0. The second-order valence-corrected chi connectivity index (χ2v) is 6.91. The van der Waals surface area contributed by atoms with Crippen molar-refractivity contribution in [3.8, 4) is 0 Å².